The minimum atomic E-state index is -1.13. The molecule has 9 heteroatoms. The Morgan fingerprint density at radius 2 is 1.80 bits per heavy atom. The quantitative estimate of drug-likeness (QED) is 0.384. The van der Waals surface area contributed by atoms with Gasteiger partial charge in [-0.15, -0.1) is 12.6 Å². The van der Waals surface area contributed by atoms with E-state index in [1.54, 1.807) is 0 Å². The second-order valence-corrected chi connectivity index (χ2v) is 4.07. The average Bonchev–Trinajstić information content (AvgIpc) is 2.34. The van der Waals surface area contributed by atoms with E-state index in [9.17, 15) is 13.9 Å². The first-order chi connectivity index (χ1) is 9.38. The predicted molar refractivity (Wildman–Crippen MR) is 70.6 cm³/mol. The summed E-state index contributed by atoms with van der Waals surface area (Å²) < 4.78 is 26.2. The summed E-state index contributed by atoms with van der Waals surface area (Å²) in [6.07, 6.45) is 1.04. The molecule has 0 saturated carbocycles. The van der Waals surface area contributed by atoms with E-state index < -0.39 is 23.3 Å². The van der Waals surface area contributed by atoms with Gasteiger partial charge in [-0.05, 0) is 17.7 Å². The van der Waals surface area contributed by atoms with Gasteiger partial charge in [0.1, 0.15) is 0 Å². The summed E-state index contributed by atoms with van der Waals surface area (Å²) in [5.74, 6) is -4.00. The number of aliphatic imine (C=N–C) groups is 1. The lowest BCUT2D eigenvalue weighted by atomic mass is 10.2. The van der Waals surface area contributed by atoms with Gasteiger partial charge >= 0.3 is 0 Å². The van der Waals surface area contributed by atoms with Crippen LogP contribution in [-0.2, 0) is 0 Å². The van der Waals surface area contributed by atoms with Crippen LogP contribution in [0.4, 0.5) is 20.3 Å². The van der Waals surface area contributed by atoms with Crippen molar-refractivity contribution in [2.75, 3.05) is 5.73 Å². The molecule has 0 aliphatic carbocycles. The summed E-state index contributed by atoms with van der Waals surface area (Å²) in [6, 6.07) is 1.73. The van der Waals surface area contributed by atoms with Gasteiger partial charge in [0.05, 0.1) is 0 Å². The van der Waals surface area contributed by atoms with E-state index >= 15 is 0 Å². The molecule has 1 aromatic heterocycles. The number of hydrogen-bond donors (Lipinski definition) is 4. The highest BCUT2D eigenvalue weighted by molar-refractivity contribution is 7.80. The Morgan fingerprint density at radius 3 is 2.35 bits per heavy atom. The number of halogens is 2. The number of nitrogen functional groups attached to an aromatic ring is 1. The average molecular weight is 298 g/mol. The van der Waals surface area contributed by atoms with Crippen LogP contribution in [0.2, 0.25) is 0 Å². The van der Waals surface area contributed by atoms with Crippen LogP contribution >= 0.6 is 12.6 Å². The Morgan fingerprint density at radius 1 is 1.20 bits per heavy atom. The third kappa shape index (κ3) is 2.77. The molecule has 6 nitrogen and oxygen atoms in total. The fraction of sp³-hybridized carbons (Fsp3) is 0. The molecule has 0 saturated heterocycles. The molecule has 0 fully saturated rings. The largest absolute Gasteiger partial charge is 0.503 e. The number of rotatable bonds is 2. The summed E-state index contributed by atoms with van der Waals surface area (Å²) in [6.45, 7) is 0. The van der Waals surface area contributed by atoms with E-state index in [4.69, 9.17) is 10.8 Å². The number of benzene rings is 1. The molecule has 0 unspecified atom stereocenters. The lowest BCUT2D eigenvalue weighted by Gasteiger charge is -2.03. The maximum atomic E-state index is 13.1. The summed E-state index contributed by atoms with van der Waals surface area (Å²) >= 11 is 3.81. The standard InChI is InChI=1S/C11H8F2N4O2S/c12-5-1-4(2-6(13)8(5)18)3-15-7-9(14)16-11(20)17-10(7)19/h1-3,18H,(H4,14,16,17,19,20)/b15-3+. The highest BCUT2D eigenvalue weighted by atomic mass is 32.1. The molecule has 0 aliphatic rings. The molecule has 0 bridgehead atoms. The van der Waals surface area contributed by atoms with E-state index in [1.807, 2.05) is 0 Å². The Bertz CT molecular complexity index is 663. The molecule has 0 atom stereocenters. The van der Waals surface area contributed by atoms with Crippen LogP contribution < -0.4 is 5.73 Å². The minimum Gasteiger partial charge on any atom is -0.503 e. The van der Waals surface area contributed by atoms with Crippen LogP contribution in [0.15, 0.2) is 22.3 Å². The topological polar surface area (TPSA) is 105 Å². The third-order valence-electron chi connectivity index (χ3n) is 2.26. The zero-order valence-corrected chi connectivity index (χ0v) is 10.6. The van der Waals surface area contributed by atoms with Crippen molar-refractivity contribution < 1.29 is 19.0 Å². The third-order valence-corrected chi connectivity index (χ3v) is 2.46. The lowest BCUT2D eigenvalue weighted by molar-refractivity contribution is 0.396. The number of aromatic nitrogens is 2. The van der Waals surface area contributed by atoms with Gasteiger partial charge in [-0.3, -0.25) is 0 Å². The number of nitrogens with two attached hydrogens (primary N) is 1. The lowest BCUT2D eigenvalue weighted by Crippen LogP contribution is -1.95. The predicted octanol–water partition coefficient (Wildman–Crippen LogP) is 1.79. The maximum absolute atomic E-state index is 13.1. The molecule has 0 amide bonds. The summed E-state index contributed by atoms with van der Waals surface area (Å²) in [5, 5.41) is 18.4. The minimum absolute atomic E-state index is 0.0200. The Labute approximate surface area is 117 Å². The first-order valence-corrected chi connectivity index (χ1v) is 5.60. The molecule has 0 aliphatic heterocycles. The van der Waals surface area contributed by atoms with E-state index in [0.29, 0.717) is 0 Å². The number of aromatic hydroxyl groups is 2. The molecule has 2 aromatic rings. The van der Waals surface area contributed by atoms with Crippen LogP contribution in [0.5, 0.6) is 11.6 Å². The number of thiol groups is 1. The van der Waals surface area contributed by atoms with Crippen LogP contribution in [0.25, 0.3) is 0 Å². The van der Waals surface area contributed by atoms with Gasteiger partial charge < -0.3 is 15.9 Å². The van der Waals surface area contributed by atoms with Crippen molar-refractivity contribution in [3.8, 4) is 11.6 Å². The van der Waals surface area contributed by atoms with Crippen molar-refractivity contribution in [1.29, 1.82) is 0 Å². The van der Waals surface area contributed by atoms with E-state index in [2.05, 4.69) is 27.6 Å². The van der Waals surface area contributed by atoms with E-state index in [-0.39, 0.29) is 22.2 Å². The van der Waals surface area contributed by atoms with Crippen LogP contribution in [0.3, 0.4) is 0 Å². The second kappa shape index (κ2) is 5.29. The normalized spacial score (nSPS) is 11.2. The zero-order chi connectivity index (χ0) is 14.9. The van der Waals surface area contributed by atoms with Crippen molar-refractivity contribution in [2.24, 2.45) is 4.99 Å². The Balaban J connectivity index is 2.40. The first kappa shape index (κ1) is 14.0. The van der Waals surface area contributed by atoms with Crippen molar-refractivity contribution in [1.82, 2.24) is 9.97 Å². The van der Waals surface area contributed by atoms with Gasteiger partial charge in [-0.1, -0.05) is 0 Å². The number of anilines is 1. The van der Waals surface area contributed by atoms with Gasteiger partial charge in [0, 0.05) is 6.21 Å². The smallest absolute Gasteiger partial charge is 0.243 e. The van der Waals surface area contributed by atoms with Gasteiger partial charge in [0.25, 0.3) is 0 Å². The summed E-state index contributed by atoms with van der Waals surface area (Å²) in [5.41, 5.74) is 5.37. The van der Waals surface area contributed by atoms with Crippen LogP contribution in [0, 0.1) is 11.6 Å². The number of phenols is 1. The van der Waals surface area contributed by atoms with Gasteiger partial charge in [-0.2, -0.15) is 4.98 Å². The molecule has 2 rings (SSSR count). The van der Waals surface area contributed by atoms with Gasteiger partial charge in [-0.25, -0.2) is 18.8 Å². The van der Waals surface area contributed by atoms with E-state index in [0.717, 1.165) is 18.3 Å². The van der Waals surface area contributed by atoms with Crippen molar-refractivity contribution in [2.45, 2.75) is 5.16 Å². The number of nitrogens with zero attached hydrogens (tertiary/aromatic N) is 3. The molecule has 0 spiro atoms. The molecule has 1 aromatic carbocycles. The first-order valence-electron chi connectivity index (χ1n) is 5.16. The number of hydrogen-bond acceptors (Lipinski definition) is 7. The zero-order valence-electron chi connectivity index (χ0n) is 9.75. The van der Waals surface area contributed by atoms with Crippen LogP contribution in [0.1, 0.15) is 5.56 Å². The molecular weight excluding hydrogens is 290 g/mol. The van der Waals surface area contributed by atoms with Crippen molar-refractivity contribution >= 4 is 30.3 Å². The van der Waals surface area contributed by atoms with Gasteiger partial charge in [0.15, 0.2) is 34.0 Å². The number of phenolic OH excluding ortho intramolecular Hbond substituents is 1. The highest BCUT2D eigenvalue weighted by Gasteiger charge is 2.11. The SMILES string of the molecule is Nc1nc(S)nc(O)c1/N=C/c1cc(F)c(O)c(F)c1. The fourth-order valence-electron chi connectivity index (χ4n) is 1.37. The Hall–Kier alpha value is -2.42. The molecule has 4 N–H and O–H groups in total. The molecular formula is C11H8F2N4O2S. The molecule has 20 heavy (non-hydrogen) atoms. The van der Waals surface area contributed by atoms with Gasteiger partial charge in [0.2, 0.25) is 5.88 Å². The monoisotopic (exact) mass is 298 g/mol. The van der Waals surface area contributed by atoms with Crippen LogP contribution in [-0.4, -0.2) is 26.4 Å². The van der Waals surface area contributed by atoms with Crippen molar-refractivity contribution in [3.05, 3.63) is 29.3 Å². The summed E-state index contributed by atoms with van der Waals surface area (Å²) in [7, 11) is 0. The van der Waals surface area contributed by atoms with E-state index in [1.165, 1.54) is 0 Å². The second-order valence-electron chi connectivity index (χ2n) is 3.67. The molecule has 104 valence electrons. The fourth-order valence-corrected chi connectivity index (χ4v) is 1.57. The van der Waals surface area contributed by atoms with Crippen molar-refractivity contribution in [3.63, 3.8) is 0 Å². The molecule has 1 heterocycles. The summed E-state index contributed by atoms with van der Waals surface area (Å²) in [4.78, 5) is 10.9. The highest BCUT2D eigenvalue weighted by Crippen LogP contribution is 2.30. The Kier molecular flexibility index (Phi) is 3.70. The maximum Gasteiger partial charge on any atom is 0.243 e. The molecule has 0 radical (unpaired) electrons.